The quantitative estimate of drug-likeness (QED) is 0.434. The molecule has 0 spiro atoms. The number of hydrogen-bond acceptors (Lipinski definition) is 6. The standard InChI is InChI=1S/C18H20N4O4/c19-10-13(11-21-14-4-5-15-16(9-14)26-12-25-15)18(24)20-6-2-8-22-7-1-3-17(22)23/h4-5,9,11,21H,1-3,6-8,12H2,(H,20,24)/b13-11-. The van der Waals surface area contributed by atoms with E-state index in [-0.39, 0.29) is 18.3 Å². The van der Waals surface area contributed by atoms with Crippen molar-refractivity contribution < 1.29 is 19.1 Å². The van der Waals surface area contributed by atoms with E-state index < -0.39 is 5.91 Å². The van der Waals surface area contributed by atoms with Gasteiger partial charge in [-0.25, -0.2) is 0 Å². The molecule has 26 heavy (non-hydrogen) atoms. The van der Waals surface area contributed by atoms with Crippen LogP contribution in [-0.4, -0.2) is 43.1 Å². The zero-order chi connectivity index (χ0) is 18.4. The first-order valence-electron chi connectivity index (χ1n) is 8.50. The van der Waals surface area contributed by atoms with Gasteiger partial charge in [0.2, 0.25) is 12.7 Å². The minimum absolute atomic E-state index is 0.0279. The third kappa shape index (κ3) is 4.25. The lowest BCUT2D eigenvalue weighted by atomic mass is 10.2. The highest BCUT2D eigenvalue weighted by Gasteiger charge is 2.19. The molecule has 0 unspecified atom stereocenters. The number of carbonyl (C=O) groups excluding carboxylic acids is 2. The first-order chi connectivity index (χ1) is 12.7. The van der Waals surface area contributed by atoms with Gasteiger partial charge in [0.1, 0.15) is 11.6 Å². The van der Waals surface area contributed by atoms with Crippen molar-refractivity contribution in [3.63, 3.8) is 0 Å². The molecule has 2 N–H and O–H groups in total. The summed E-state index contributed by atoms with van der Waals surface area (Å²) in [6.45, 7) is 2.00. The van der Waals surface area contributed by atoms with Crippen molar-refractivity contribution in [2.75, 3.05) is 31.7 Å². The molecule has 3 rings (SSSR count). The number of hydrogen-bond donors (Lipinski definition) is 2. The second kappa shape index (κ2) is 8.25. The first kappa shape index (κ1) is 17.6. The smallest absolute Gasteiger partial charge is 0.263 e. The summed E-state index contributed by atoms with van der Waals surface area (Å²) in [5.74, 6) is 0.993. The van der Waals surface area contributed by atoms with E-state index in [0.717, 1.165) is 13.0 Å². The van der Waals surface area contributed by atoms with Crippen molar-refractivity contribution >= 4 is 17.5 Å². The summed E-state index contributed by atoms with van der Waals surface area (Å²) >= 11 is 0. The Bertz CT molecular complexity index is 769. The normalized spacial score (nSPS) is 15.7. The Morgan fingerprint density at radius 1 is 1.35 bits per heavy atom. The van der Waals surface area contributed by atoms with Gasteiger partial charge in [0.15, 0.2) is 11.5 Å². The first-order valence-corrected chi connectivity index (χ1v) is 8.50. The molecule has 1 saturated heterocycles. The van der Waals surface area contributed by atoms with E-state index in [1.165, 1.54) is 6.20 Å². The Balaban J connectivity index is 1.46. The number of anilines is 1. The largest absolute Gasteiger partial charge is 0.454 e. The summed E-state index contributed by atoms with van der Waals surface area (Å²) in [7, 11) is 0. The molecule has 0 bridgehead atoms. The fraction of sp³-hybridized carbons (Fsp3) is 0.389. The van der Waals surface area contributed by atoms with Crippen LogP contribution in [-0.2, 0) is 9.59 Å². The predicted molar refractivity (Wildman–Crippen MR) is 93.3 cm³/mol. The fourth-order valence-corrected chi connectivity index (χ4v) is 2.80. The fourth-order valence-electron chi connectivity index (χ4n) is 2.80. The number of fused-ring (bicyclic) bond motifs is 1. The predicted octanol–water partition coefficient (Wildman–Crippen LogP) is 1.36. The van der Waals surface area contributed by atoms with E-state index in [2.05, 4.69) is 10.6 Å². The summed E-state index contributed by atoms with van der Waals surface area (Å²) < 4.78 is 10.5. The minimum Gasteiger partial charge on any atom is -0.454 e. The van der Waals surface area contributed by atoms with E-state index in [4.69, 9.17) is 9.47 Å². The molecule has 0 radical (unpaired) electrons. The maximum Gasteiger partial charge on any atom is 0.263 e. The maximum atomic E-state index is 12.1. The molecule has 2 amide bonds. The topological polar surface area (TPSA) is 104 Å². The van der Waals surface area contributed by atoms with Crippen LogP contribution in [0.1, 0.15) is 19.3 Å². The number of likely N-dealkylation sites (tertiary alicyclic amines) is 1. The van der Waals surface area contributed by atoms with E-state index in [9.17, 15) is 14.9 Å². The number of rotatable bonds is 7. The second-order valence-corrected chi connectivity index (χ2v) is 5.98. The number of nitrogens with one attached hydrogen (secondary N) is 2. The highest BCUT2D eigenvalue weighted by molar-refractivity contribution is 5.97. The SMILES string of the molecule is N#C/C(=C/Nc1ccc2c(c1)OCO2)C(=O)NCCCN1CCCC1=O. The van der Waals surface area contributed by atoms with Crippen molar-refractivity contribution in [2.24, 2.45) is 0 Å². The minimum atomic E-state index is -0.450. The molecular weight excluding hydrogens is 336 g/mol. The van der Waals surface area contributed by atoms with Gasteiger partial charge < -0.3 is 25.0 Å². The number of carbonyl (C=O) groups is 2. The zero-order valence-corrected chi connectivity index (χ0v) is 14.3. The van der Waals surface area contributed by atoms with Crippen LogP contribution in [0, 0.1) is 11.3 Å². The van der Waals surface area contributed by atoms with Gasteiger partial charge in [0.05, 0.1) is 0 Å². The average molecular weight is 356 g/mol. The summed E-state index contributed by atoms with van der Waals surface area (Å²) in [6.07, 6.45) is 3.53. The van der Waals surface area contributed by atoms with Crippen LogP contribution < -0.4 is 20.1 Å². The monoisotopic (exact) mass is 356 g/mol. The highest BCUT2D eigenvalue weighted by atomic mass is 16.7. The van der Waals surface area contributed by atoms with Crippen molar-refractivity contribution in [2.45, 2.75) is 19.3 Å². The molecule has 1 aromatic rings. The maximum absolute atomic E-state index is 12.1. The van der Waals surface area contributed by atoms with Gasteiger partial charge in [0, 0.05) is 44.0 Å². The lowest BCUT2D eigenvalue weighted by Gasteiger charge is -2.15. The van der Waals surface area contributed by atoms with Crippen LogP contribution in [0.4, 0.5) is 5.69 Å². The molecule has 0 saturated carbocycles. The van der Waals surface area contributed by atoms with Crippen LogP contribution in [0.25, 0.3) is 0 Å². The van der Waals surface area contributed by atoms with E-state index in [0.29, 0.717) is 43.1 Å². The number of nitrogens with zero attached hydrogens (tertiary/aromatic N) is 2. The molecule has 1 aromatic carbocycles. The number of benzene rings is 1. The molecule has 1 fully saturated rings. The number of ether oxygens (including phenoxy) is 2. The van der Waals surface area contributed by atoms with E-state index in [1.807, 2.05) is 6.07 Å². The van der Waals surface area contributed by atoms with Crippen molar-refractivity contribution in [1.29, 1.82) is 5.26 Å². The molecule has 8 nitrogen and oxygen atoms in total. The molecule has 0 aromatic heterocycles. The van der Waals surface area contributed by atoms with Crippen LogP contribution in [0.3, 0.4) is 0 Å². The molecular formula is C18H20N4O4. The number of amides is 2. The molecule has 8 heteroatoms. The van der Waals surface area contributed by atoms with Gasteiger partial charge in [-0.05, 0) is 25.0 Å². The molecule has 136 valence electrons. The summed E-state index contributed by atoms with van der Waals surface area (Å²) in [5, 5.41) is 14.8. The second-order valence-electron chi connectivity index (χ2n) is 5.98. The third-order valence-corrected chi connectivity index (χ3v) is 4.18. The molecule has 2 heterocycles. The van der Waals surface area contributed by atoms with Crippen LogP contribution in [0.5, 0.6) is 11.5 Å². The molecule has 2 aliphatic rings. The van der Waals surface area contributed by atoms with Gasteiger partial charge in [-0.15, -0.1) is 0 Å². The lowest BCUT2D eigenvalue weighted by molar-refractivity contribution is -0.127. The molecule has 0 atom stereocenters. The average Bonchev–Trinajstić information content (AvgIpc) is 3.27. The Hall–Kier alpha value is -3.21. The lowest BCUT2D eigenvalue weighted by Crippen LogP contribution is -2.31. The van der Waals surface area contributed by atoms with Gasteiger partial charge in [-0.2, -0.15) is 5.26 Å². The Labute approximate surface area is 151 Å². The van der Waals surface area contributed by atoms with Crippen molar-refractivity contribution in [3.05, 3.63) is 30.0 Å². The zero-order valence-electron chi connectivity index (χ0n) is 14.3. The van der Waals surface area contributed by atoms with Gasteiger partial charge >= 0.3 is 0 Å². The van der Waals surface area contributed by atoms with E-state index >= 15 is 0 Å². The van der Waals surface area contributed by atoms with Crippen molar-refractivity contribution in [3.8, 4) is 17.6 Å². The van der Waals surface area contributed by atoms with Crippen LogP contribution in [0.15, 0.2) is 30.0 Å². The Morgan fingerprint density at radius 2 is 2.19 bits per heavy atom. The van der Waals surface area contributed by atoms with Crippen LogP contribution >= 0.6 is 0 Å². The summed E-state index contributed by atoms with van der Waals surface area (Å²) in [4.78, 5) is 25.4. The van der Waals surface area contributed by atoms with Crippen molar-refractivity contribution in [1.82, 2.24) is 10.2 Å². The van der Waals surface area contributed by atoms with Crippen LogP contribution in [0.2, 0.25) is 0 Å². The summed E-state index contributed by atoms with van der Waals surface area (Å²) in [6, 6.07) is 7.14. The van der Waals surface area contributed by atoms with Gasteiger partial charge in [0.25, 0.3) is 5.91 Å². The number of nitriles is 1. The Morgan fingerprint density at radius 3 is 2.96 bits per heavy atom. The highest BCUT2D eigenvalue weighted by Crippen LogP contribution is 2.34. The molecule has 2 aliphatic heterocycles. The van der Waals surface area contributed by atoms with E-state index in [1.54, 1.807) is 23.1 Å². The Kier molecular flexibility index (Phi) is 5.59. The summed E-state index contributed by atoms with van der Waals surface area (Å²) in [5.41, 5.74) is 0.655. The van der Waals surface area contributed by atoms with Gasteiger partial charge in [-0.1, -0.05) is 0 Å². The molecule has 0 aliphatic carbocycles. The third-order valence-electron chi connectivity index (χ3n) is 4.18. The van der Waals surface area contributed by atoms with Gasteiger partial charge in [-0.3, -0.25) is 9.59 Å².